The number of carbonyl (C=O) groups is 1. The molecule has 2 bridgehead atoms. The molecule has 5 aliphatic rings. The summed E-state index contributed by atoms with van der Waals surface area (Å²) in [6.45, 7) is 2.61. The fourth-order valence-electron chi connectivity index (χ4n) is 5.01. The van der Waals surface area contributed by atoms with Gasteiger partial charge in [-0.1, -0.05) is 11.8 Å². The molecule has 3 saturated carbocycles. The van der Waals surface area contributed by atoms with Gasteiger partial charge in [0.25, 0.3) is 0 Å². The van der Waals surface area contributed by atoms with Gasteiger partial charge in [0.05, 0.1) is 12.7 Å². The van der Waals surface area contributed by atoms with E-state index < -0.39 is 5.54 Å². The Hall–Kier alpha value is -1.12. The number of anilines is 1. The van der Waals surface area contributed by atoms with Gasteiger partial charge in [0.2, 0.25) is 5.91 Å². The molecule has 0 spiro atoms. The number of ether oxygens (including phenoxy) is 1. The first kappa shape index (κ1) is 17.0. The van der Waals surface area contributed by atoms with Crippen LogP contribution >= 0.6 is 23.1 Å². The molecule has 1 saturated heterocycles. The van der Waals surface area contributed by atoms with Gasteiger partial charge in [0.1, 0.15) is 16.4 Å². The minimum atomic E-state index is -0.496. The van der Waals surface area contributed by atoms with Gasteiger partial charge < -0.3 is 15.8 Å². The first-order chi connectivity index (χ1) is 12.5. The Bertz CT molecular complexity index is 760. The second kappa shape index (κ2) is 6.21. The van der Waals surface area contributed by atoms with Crippen LogP contribution in [0.3, 0.4) is 0 Å². The van der Waals surface area contributed by atoms with Crippen LogP contribution in [0.5, 0.6) is 0 Å². The van der Waals surface area contributed by atoms with Crippen molar-refractivity contribution < 1.29 is 9.53 Å². The lowest BCUT2D eigenvalue weighted by Crippen LogP contribution is -2.49. The zero-order valence-corrected chi connectivity index (χ0v) is 16.4. The molecule has 1 amide bonds. The number of nitrogens with zero attached hydrogens (tertiary/aromatic N) is 2. The average molecular weight is 393 g/mol. The summed E-state index contributed by atoms with van der Waals surface area (Å²) in [5.41, 5.74) is 5.56. The summed E-state index contributed by atoms with van der Waals surface area (Å²) in [5.74, 6) is 3.63. The number of thiazole rings is 1. The van der Waals surface area contributed by atoms with E-state index in [1.54, 1.807) is 23.1 Å². The Morgan fingerprint density at radius 1 is 1.38 bits per heavy atom. The maximum Gasteiger partial charge on any atom is 0.228 e. The quantitative estimate of drug-likeness (QED) is 0.826. The molecule has 1 aromatic rings. The topological polar surface area (TPSA) is 89.6 Å². The second-order valence-corrected chi connectivity index (χ2v) is 10.1. The number of carbonyl (C=O) groups excluding carboxylic acids is 1. The fourth-order valence-corrected chi connectivity index (χ4v) is 6.98. The number of fused-ring (bicyclic) bond motifs is 2. The molecule has 3 N–H and O–H groups in total. The van der Waals surface area contributed by atoms with Crippen LogP contribution < -0.4 is 11.1 Å². The van der Waals surface area contributed by atoms with Crippen molar-refractivity contribution in [1.29, 1.82) is 0 Å². The van der Waals surface area contributed by atoms with E-state index in [0.29, 0.717) is 29.4 Å². The molecule has 26 heavy (non-hydrogen) atoms. The minimum Gasteiger partial charge on any atom is -0.379 e. The van der Waals surface area contributed by atoms with Crippen molar-refractivity contribution in [3.63, 3.8) is 0 Å². The standard InChI is InChI=1S/C18H24N4O2S2/c1-9-2-12-6-26-17(19)22-18(12,8-24-9)16-21-14(7-25-16)20-15(23)13-5-10-3-11(13)4-10/h7,9-13H,2-6,8H2,1H3,(H2,19,22)(H,20,23)/t9-,10?,11?,12-,13-,18-/m0/s1. The number of aromatic nitrogens is 1. The van der Waals surface area contributed by atoms with Crippen LogP contribution in [0.2, 0.25) is 0 Å². The monoisotopic (exact) mass is 392 g/mol. The normalized spacial score (nSPS) is 41.1. The van der Waals surface area contributed by atoms with Gasteiger partial charge in [-0.2, -0.15) is 0 Å². The van der Waals surface area contributed by atoms with Crippen molar-refractivity contribution in [3.8, 4) is 0 Å². The summed E-state index contributed by atoms with van der Waals surface area (Å²) in [4.78, 5) is 22.1. The van der Waals surface area contributed by atoms with Crippen molar-refractivity contribution >= 4 is 40.0 Å². The van der Waals surface area contributed by atoms with Gasteiger partial charge in [-0.15, -0.1) is 11.3 Å². The van der Waals surface area contributed by atoms with Crippen molar-refractivity contribution in [2.24, 2.45) is 34.4 Å². The highest BCUT2D eigenvalue weighted by Crippen LogP contribution is 2.52. The van der Waals surface area contributed by atoms with Gasteiger partial charge in [-0.25, -0.2) is 9.98 Å². The average Bonchev–Trinajstić information content (AvgIpc) is 3.29. The van der Waals surface area contributed by atoms with Crippen LogP contribution in [0, 0.1) is 23.7 Å². The molecule has 0 unspecified atom stereocenters. The van der Waals surface area contributed by atoms with Gasteiger partial charge in [0.15, 0.2) is 5.17 Å². The number of nitrogens with one attached hydrogen (secondary N) is 1. The first-order valence-electron chi connectivity index (χ1n) is 9.40. The van der Waals surface area contributed by atoms with E-state index in [1.807, 2.05) is 5.38 Å². The Labute approximate surface area is 161 Å². The lowest BCUT2D eigenvalue weighted by molar-refractivity contribution is -0.120. The SMILES string of the molecule is C[C@H]1C[C@H]2CSC(N)=N[C@@]2(c2nc(NC(=O)[C@H]3CC4CC3C4)cs2)CO1. The Balaban J connectivity index is 1.38. The lowest BCUT2D eigenvalue weighted by atomic mass is 9.80. The Kier molecular flexibility index (Phi) is 4.06. The van der Waals surface area contributed by atoms with E-state index in [2.05, 4.69) is 12.2 Å². The van der Waals surface area contributed by atoms with Crippen LogP contribution in [0.15, 0.2) is 10.4 Å². The number of amidine groups is 1. The molecule has 3 heterocycles. The van der Waals surface area contributed by atoms with Crippen molar-refractivity contribution in [2.45, 2.75) is 44.2 Å². The molecule has 6 nitrogen and oxygen atoms in total. The number of hydrogen-bond acceptors (Lipinski definition) is 7. The third-order valence-electron chi connectivity index (χ3n) is 6.51. The lowest BCUT2D eigenvalue weighted by Gasteiger charge is -2.44. The van der Waals surface area contributed by atoms with E-state index in [1.165, 1.54) is 12.8 Å². The van der Waals surface area contributed by atoms with Crippen LogP contribution in [-0.4, -0.2) is 34.5 Å². The van der Waals surface area contributed by atoms with Gasteiger partial charge in [-0.3, -0.25) is 4.79 Å². The summed E-state index contributed by atoms with van der Waals surface area (Å²) in [5, 5.41) is 6.49. The highest BCUT2D eigenvalue weighted by Gasteiger charge is 2.50. The summed E-state index contributed by atoms with van der Waals surface area (Å²) in [6, 6.07) is 0. The summed E-state index contributed by atoms with van der Waals surface area (Å²) in [6.07, 6.45) is 4.69. The van der Waals surface area contributed by atoms with E-state index in [4.69, 9.17) is 20.4 Å². The van der Waals surface area contributed by atoms with Crippen molar-refractivity contribution in [3.05, 3.63) is 10.4 Å². The molecule has 0 aromatic carbocycles. The van der Waals surface area contributed by atoms with E-state index in [0.717, 1.165) is 29.5 Å². The highest BCUT2D eigenvalue weighted by atomic mass is 32.2. The predicted octanol–water partition coefficient (Wildman–Crippen LogP) is 2.81. The second-order valence-electron chi connectivity index (χ2n) is 8.21. The number of rotatable bonds is 3. The highest BCUT2D eigenvalue weighted by molar-refractivity contribution is 8.13. The van der Waals surface area contributed by atoms with Gasteiger partial charge in [-0.05, 0) is 44.4 Å². The predicted molar refractivity (Wildman–Crippen MR) is 104 cm³/mol. The van der Waals surface area contributed by atoms with Crippen LogP contribution in [0.1, 0.15) is 37.6 Å². The molecule has 1 aromatic heterocycles. The Morgan fingerprint density at radius 2 is 2.23 bits per heavy atom. The number of hydrogen-bond donors (Lipinski definition) is 2. The molecule has 4 atom stereocenters. The number of aliphatic imine (C=N–C) groups is 1. The zero-order valence-electron chi connectivity index (χ0n) is 14.8. The molecule has 140 valence electrons. The summed E-state index contributed by atoms with van der Waals surface area (Å²) in [7, 11) is 0. The summed E-state index contributed by atoms with van der Waals surface area (Å²) < 4.78 is 5.95. The maximum atomic E-state index is 12.6. The van der Waals surface area contributed by atoms with Crippen molar-refractivity contribution in [1.82, 2.24) is 4.98 Å². The van der Waals surface area contributed by atoms with E-state index >= 15 is 0 Å². The summed E-state index contributed by atoms with van der Waals surface area (Å²) >= 11 is 3.17. The molecule has 0 radical (unpaired) electrons. The van der Waals surface area contributed by atoms with E-state index in [9.17, 15) is 4.79 Å². The number of nitrogens with two attached hydrogens (primary N) is 1. The molecule has 6 rings (SSSR count). The van der Waals surface area contributed by atoms with Crippen LogP contribution in [-0.2, 0) is 15.1 Å². The van der Waals surface area contributed by atoms with Gasteiger partial charge >= 0.3 is 0 Å². The zero-order chi connectivity index (χ0) is 17.9. The maximum absolute atomic E-state index is 12.6. The molecular formula is C18H24N4O2S2. The number of thioether (sulfide) groups is 1. The minimum absolute atomic E-state index is 0.136. The van der Waals surface area contributed by atoms with Crippen molar-refractivity contribution in [2.75, 3.05) is 17.7 Å². The molecule has 2 aliphatic heterocycles. The van der Waals surface area contributed by atoms with Crippen LogP contribution in [0.25, 0.3) is 0 Å². The Morgan fingerprint density at radius 3 is 3.00 bits per heavy atom. The fraction of sp³-hybridized carbons (Fsp3) is 0.722. The molecule has 3 aliphatic carbocycles. The van der Waals surface area contributed by atoms with E-state index in [-0.39, 0.29) is 17.9 Å². The smallest absolute Gasteiger partial charge is 0.228 e. The molecule has 4 fully saturated rings. The molecule has 8 heteroatoms. The largest absolute Gasteiger partial charge is 0.379 e. The van der Waals surface area contributed by atoms with Crippen LogP contribution in [0.4, 0.5) is 5.82 Å². The molecular weight excluding hydrogens is 368 g/mol. The first-order valence-corrected chi connectivity index (χ1v) is 11.3. The number of amides is 1. The third kappa shape index (κ3) is 2.68. The third-order valence-corrected chi connectivity index (χ3v) is 8.48. The van der Waals surface area contributed by atoms with Gasteiger partial charge in [0, 0.05) is 23.0 Å².